The number of nitrogens with zero attached hydrogens (tertiary/aromatic N) is 1. The average Bonchev–Trinajstić information content (AvgIpc) is 2.89. The van der Waals surface area contributed by atoms with Crippen molar-refractivity contribution < 1.29 is 9.18 Å². The highest BCUT2D eigenvalue weighted by molar-refractivity contribution is 7.16. The lowest BCUT2D eigenvalue weighted by Gasteiger charge is -2.21. The largest absolute Gasteiger partial charge is 0.316 e. The van der Waals surface area contributed by atoms with Crippen molar-refractivity contribution in [1.82, 2.24) is 10.3 Å². The van der Waals surface area contributed by atoms with Crippen LogP contribution < -0.4 is 10.6 Å². The first-order valence-corrected chi connectivity index (χ1v) is 8.20. The molecular weight excluding hydrogens is 301 g/mol. The van der Waals surface area contributed by atoms with Crippen LogP contribution >= 0.6 is 11.3 Å². The third-order valence-electron chi connectivity index (χ3n) is 3.81. The molecule has 116 valence electrons. The van der Waals surface area contributed by atoms with Gasteiger partial charge in [-0.1, -0.05) is 0 Å². The molecule has 1 aromatic heterocycles. The van der Waals surface area contributed by atoms with E-state index in [2.05, 4.69) is 15.6 Å². The average molecular weight is 319 g/mol. The quantitative estimate of drug-likeness (QED) is 0.913. The first kappa shape index (κ1) is 15.1. The summed E-state index contributed by atoms with van der Waals surface area (Å²) >= 11 is 1.45. The molecular formula is C16H18FN3OS. The molecule has 0 bridgehead atoms. The molecule has 2 heterocycles. The number of carbonyl (C=O) groups excluding carboxylic acids is 1. The van der Waals surface area contributed by atoms with Crippen LogP contribution in [0.4, 0.5) is 9.52 Å². The van der Waals surface area contributed by atoms with Crippen LogP contribution in [0.15, 0.2) is 24.3 Å². The van der Waals surface area contributed by atoms with Crippen molar-refractivity contribution in [3.05, 3.63) is 35.0 Å². The van der Waals surface area contributed by atoms with Crippen molar-refractivity contribution in [2.45, 2.75) is 19.8 Å². The number of carbonyl (C=O) groups is 1. The first-order chi connectivity index (χ1) is 10.6. The molecule has 0 saturated carbocycles. The van der Waals surface area contributed by atoms with Crippen molar-refractivity contribution in [2.24, 2.45) is 5.92 Å². The molecule has 3 rings (SSSR count). The van der Waals surface area contributed by atoms with E-state index >= 15 is 0 Å². The van der Waals surface area contributed by atoms with Crippen molar-refractivity contribution in [3.8, 4) is 11.3 Å². The summed E-state index contributed by atoms with van der Waals surface area (Å²) in [5, 5.41) is 6.75. The summed E-state index contributed by atoms with van der Waals surface area (Å²) in [6.45, 7) is 3.66. The monoisotopic (exact) mass is 319 g/mol. The molecule has 22 heavy (non-hydrogen) atoms. The molecule has 1 saturated heterocycles. The smallest absolute Gasteiger partial charge is 0.230 e. The molecule has 2 N–H and O–H groups in total. The highest BCUT2D eigenvalue weighted by Gasteiger charge is 2.22. The molecule has 1 aromatic carbocycles. The van der Waals surface area contributed by atoms with E-state index in [1.165, 1.54) is 23.5 Å². The number of amides is 1. The Kier molecular flexibility index (Phi) is 4.49. The second-order valence-corrected chi connectivity index (χ2v) is 6.67. The molecule has 1 amide bonds. The fourth-order valence-corrected chi connectivity index (χ4v) is 3.45. The summed E-state index contributed by atoms with van der Waals surface area (Å²) in [6.07, 6.45) is 1.93. The van der Waals surface area contributed by atoms with Crippen LogP contribution in [0.2, 0.25) is 0 Å². The number of anilines is 1. The predicted molar refractivity (Wildman–Crippen MR) is 86.5 cm³/mol. The highest BCUT2D eigenvalue weighted by Crippen LogP contribution is 2.30. The number of thiazole rings is 1. The third kappa shape index (κ3) is 3.34. The lowest BCUT2D eigenvalue weighted by atomic mass is 9.99. The summed E-state index contributed by atoms with van der Waals surface area (Å²) in [7, 11) is 0. The minimum atomic E-state index is -0.269. The van der Waals surface area contributed by atoms with Gasteiger partial charge in [0, 0.05) is 17.0 Å². The zero-order valence-electron chi connectivity index (χ0n) is 12.4. The van der Waals surface area contributed by atoms with Crippen LogP contribution in [0.3, 0.4) is 0 Å². The number of hydrogen-bond donors (Lipinski definition) is 2. The van der Waals surface area contributed by atoms with Gasteiger partial charge in [0.2, 0.25) is 5.91 Å². The predicted octanol–water partition coefficient (Wildman–Crippen LogP) is 3.20. The molecule has 1 atom stereocenters. The molecule has 1 aliphatic rings. The fraction of sp³-hybridized carbons (Fsp3) is 0.375. The minimum absolute atomic E-state index is 0.00669. The second-order valence-electron chi connectivity index (χ2n) is 5.46. The summed E-state index contributed by atoms with van der Waals surface area (Å²) in [5.74, 6) is -0.242. The van der Waals surface area contributed by atoms with Crippen LogP contribution in [0.1, 0.15) is 17.7 Å². The van der Waals surface area contributed by atoms with Gasteiger partial charge in [0.15, 0.2) is 5.13 Å². The van der Waals surface area contributed by atoms with Gasteiger partial charge in [-0.3, -0.25) is 4.79 Å². The van der Waals surface area contributed by atoms with E-state index in [4.69, 9.17) is 0 Å². The van der Waals surface area contributed by atoms with Gasteiger partial charge in [-0.25, -0.2) is 9.37 Å². The van der Waals surface area contributed by atoms with E-state index in [1.807, 2.05) is 6.92 Å². The number of benzene rings is 1. The van der Waals surface area contributed by atoms with E-state index in [0.717, 1.165) is 42.1 Å². The number of rotatable bonds is 3. The molecule has 1 unspecified atom stereocenters. The van der Waals surface area contributed by atoms with E-state index in [0.29, 0.717) is 5.13 Å². The van der Waals surface area contributed by atoms with Gasteiger partial charge in [0.05, 0.1) is 11.6 Å². The van der Waals surface area contributed by atoms with E-state index in [9.17, 15) is 9.18 Å². The van der Waals surface area contributed by atoms with E-state index in [-0.39, 0.29) is 17.6 Å². The Morgan fingerprint density at radius 1 is 1.41 bits per heavy atom. The zero-order chi connectivity index (χ0) is 15.5. The van der Waals surface area contributed by atoms with E-state index in [1.54, 1.807) is 12.1 Å². The Morgan fingerprint density at radius 2 is 2.18 bits per heavy atom. The van der Waals surface area contributed by atoms with Gasteiger partial charge in [-0.05, 0) is 50.6 Å². The Bertz CT molecular complexity index is 663. The number of aromatic nitrogens is 1. The summed E-state index contributed by atoms with van der Waals surface area (Å²) in [5.41, 5.74) is 1.65. The maximum Gasteiger partial charge on any atom is 0.230 e. The first-order valence-electron chi connectivity index (χ1n) is 7.38. The SMILES string of the molecule is Cc1sc(NC(=O)C2CCCNC2)nc1-c1ccc(F)cc1. The Morgan fingerprint density at radius 3 is 2.86 bits per heavy atom. The van der Waals surface area contributed by atoms with Crippen molar-refractivity contribution >= 4 is 22.4 Å². The van der Waals surface area contributed by atoms with Crippen LogP contribution in [0.25, 0.3) is 11.3 Å². The van der Waals surface area contributed by atoms with Crippen LogP contribution in [0.5, 0.6) is 0 Å². The number of aryl methyl sites for hydroxylation is 1. The number of hydrogen-bond acceptors (Lipinski definition) is 4. The maximum absolute atomic E-state index is 13.0. The standard InChI is InChI=1S/C16H18FN3OS/c1-10-14(11-4-6-13(17)7-5-11)19-16(22-10)20-15(21)12-3-2-8-18-9-12/h4-7,12,18H,2-3,8-9H2,1H3,(H,19,20,21). The van der Waals surface area contributed by atoms with Crippen LogP contribution in [-0.2, 0) is 4.79 Å². The lowest BCUT2D eigenvalue weighted by molar-refractivity contribution is -0.120. The third-order valence-corrected chi connectivity index (χ3v) is 4.70. The van der Waals surface area contributed by atoms with Crippen molar-refractivity contribution in [1.29, 1.82) is 0 Å². The topological polar surface area (TPSA) is 54.0 Å². The highest BCUT2D eigenvalue weighted by atomic mass is 32.1. The van der Waals surface area contributed by atoms with Gasteiger partial charge in [-0.2, -0.15) is 0 Å². The van der Waals surface area contributed by atoms with Gasteiger partial charge >= 0.3 is 0 Å². The molecule has 0 aliphatic carbocycles. The fourth-order valence-electron chi connectivity index (χ4n) is 2.61. The van der Waals surface area contributed by atoms with Gasteiger partial charge < -0.3 is 10.6 Å². The molecule has 1 aliphatic heterocycles. The minimum Gasteiger partial charge on any atom is -0.316 e. The van der Waals surface area contributed by atoms with Crippen molar-refractivity contribution in [2.75, 3.05) is 18.4 Å². The molecule has 0 radical (unpaired) electrons. The van der Waals surface area contributed by atoms with Crippen LogP contribution in [-0.4, -0.2) is 24.0 Å². The van der Waals surface area contributed by atoms with Crippen LogP contribution in [0, 0.1) is 18.7 Å². The normalized spacial score (nSPS) is 18.2. The molecule has 1 fully saturated rings. The molecule has 4 nitrogen and oxygen atoms in total. The Labute approximate surface area is 132 Å². The number of piperidine rings is 1. The molecule has 6 heteroatoms. The van der Waals surface area contributed by atoms with Gasteiger partial charge in [-0.15, -0.1) is 11.3 Å². The summed E-state index contributed by atoms with van der Waals surface area (Å²) in [4.78, 5) is 17.7. The Balaban J connectivity index is 1.74. The zero-order valence-corrected chi connectivity index (χ0v) is 13.2. The molecule has 2 aromatic rings. The lowest BCUT2D eigenvalue weighted by Crippen LogP contribution is -2.37. The molecule has 0 spiro atoms. The summed E-state index contributed by atoms with van der Waals surface area (Å²) in [6, 6.07) is 6.24. The Hall–Kier alpha value is -1.79. The van der Waals surface area contributed by atoms with Gasteiger partial charge in [0.25, 0.3) is 0 Å². The maximum atomic E-state index is 13.0. The van der Waals surface area contributed by atoms with Crippen molar-refractivity contribution in [3.63, 3.8) is 0 Å². The second kappa shape index (κ2) is 6.54. The van der Waals surface area contributed by atoms with E-state index < -0.39 is 0 Å². The number of nitrogens with one attached hydrogen (secondary N) is 2. The number of halogens is 1. The summed E-state index contributed by atoms with van der Waals surface area (Å²) < 4.78 is 13.0. The van der Waals surface area contributed by atoms with Gasteiger partial charge in [0.1, 0.15) is 5.82 Å².